The van der Waals surface area contributed by atoms with Gasteiger partial charge in [0.15, 0.2) is 0 Å². The number of aryl methyl sites for hydroxylation is 1. The zero-order valence-electron chi connectivity index (χ0n) is 12.7. The van der Waals surface area contributed by atoms with Crippen LogP contribution in [0, 0.1) is 12.8 Å². The van der Waals surface area contributed by atoms with E-state index in [0.29, 0.717) is 6.54 Å². The van der Waals surface area contributed by atoms with E-state index in [1.165, 1.54) is 5.56 Å². The number of nitrogens with zero attached hydrogens (tertiary/aromatic N) is 1. The van der Waals surface area contributed by atoms with Crippen LogP contribution in [0.5, 0.6) is 5.75 Å². The summed E-state index contributed by atoms with van der Waals surface area (Å²) < 4.78 is 5.96. The van der Waals surface area contributed by atoms with Crippen LogP contribution >= 0.6 is 12.4 Å². The Kier molecular flexibility index (Phi) is 6.99. The van der Waals surface area contributed by atoms with E-state index in [9.17, 15) is 4.79 Å². The van der Waals surface area contributed by atoms with Gasteiger partial charge < -0.3 is 15.4 Å². The summed E-state index contributed by atoms with van der Waals surface area (Å²) >= 11 is 0. The summed E-state index contributed by atoms with van der Waals surface area (Å²) in [5.74, 6) is 1.00. The minimum atomic E-state index is -0.0791. The Hall–Kier alpha value is -1.26. The van der Waals surface area contributed by atoms with Gasteiger partial charge in [-0.25, -0.2) is 0 Å². The summed E-state index contributed by atoms with van der Waals surface area (Å²) in [7, 11) is 0. The van der Waals surface area contributed by atoms with Crippen molar-refractivity contribution in [2.45, 2.75) is 32.8 Å². The van der Waals surface area contributed by atoms with Gasteiger partial charge in [0.05, 0.1) is 0 Å². The largest absolute Gasteiger partial charge is 0.490 e. The smallest absolute Gasteiger partial charge is 0.226 e. The van der Waals surface area contributed by atoms with Crippen LogP contribution in [-0.4, -0.2) is 36.5 Å². The van der Waals surface area contributed by atoms with E-state index >= 15 is 0 Å². The Balaban J connectivity index is 0.00000220. The molecule has 4 nitrogen and oxygen atoms in total. The zero-order chi connectivity index (χ0) is 14.5. The Morgan fingerprint density at radius 2 is 1.90 bits per heavy atom. The van der Waals surface area contributed by atoms with Gasteiger partial charge in [0.2, 0.25) is 5.91 Å². The van der Waals surface area contributed by atoms with E-state index in [1.807, 2.05) is 24.0 Å². The number of carbonyl (C=O) groups is 1. The molecule has 1 aromatic rings. The molecule has 1 aliphatic heterocycles. The number of likely N-dealkylation sites (tertiary alicyclic amines) is 1. The first-order valence-corrected chi connectivity index (χ1v) is 7.32. The van der Waals surface area contributed by atoms with Crippen molar-refractivity contribution in [1.82, 2.24) is 4.90 Å². The highest BCUT2D eigenvalue weighted by Crippen LogP contribution is 2.20. The minimum absolute atomic E-state index is 0. The summed E-state index contributed by atoms with van der Waals surface area (Å²) in [6.45, 7) is 5.89. The van der Waals surface area contributed by atoms with Crippen molar-refractivity contribution >= 4 is 18.3 Å². The Bertz CT molecular complexity index is 442. The molecule has 0 radical (unpaired) electrons. The first-order chi connectivity index (χ1) is 9.60. The van der Waals surface area contributed by atoms with Crippen molar-refractivity contribution in [3.63, 3.8) is 0 Å². The maximum Gasteiger partial charge on any atom is 0.226 e. The number of rotatable bonds is 4. The molecule has 118 valence electrons. The number of benzene rings is 1. The van der Waals surface area contributed by atoms with E-state index < -0.39 is 0 Å². The molecular weight excluding hydrogens is 288 g/mol. The topological polar surface area (TPSA) is 55.6 Å². The third-order valence-corrected chi connectivity index (χ3v) is 3.85. The Morgan fingerprint density at radius 3 is 2.43 bits per heavy atom. The summed E-state index contributed by atoms with van der Waals surface area (Å²) in [6.07, 6.45) is 1.98. The lowest BCUT2D eigenvalue weighted by molar-refractivity contribution is -0.136. The number of halogens is 1. The second-order valence-corrected chi connectivity index (χ2v) is 5.59. The quantitative estimate of drug-likeness (QED) is 0.928. The molecule has 1 fully saturated rings. The molecule has 1 amide bonds. The fourth-order valence-electron chi connectivity index (χ4n) is 2.42. The van der Waals surface area contributed by atoms with Crippen LogP contribution in [0.15, 0.2) is 24.3 Å². The molecule has 1 unspecified atom stereocenters. The van der Waals surface area contributed by atoms with Crippen LogP contribution in [0.25, 0.3) is 0 Å². The van der Waals surface area contributed by atoms with Gasteiger partial charge >= 0.3 is 0 Å². The molecule has 0 spiro atoms. The normalized spacial score (nSPS) is 17.0. The molecular formula is C16H25ClN2O2. The molecule has 0 aliphatic carbocycles. The van der Waals surface area contributed by atoms with Gasteiger partial charge in [-0.05, 0) is 19.1 Å². The maximum atomic E-state index is 12.0. The van der Waals surface area contributed by atoms with Crippen molar-refractivity contribution in [3.8, 4) is 5.75 Å². The number of hydrogen-bond acceptors (Lipinski definition) is 3. The van der Waals surface area contributed by atoms with E-state index in [-0.39, 0.29) is 30.3 Å². The summed E-state index contributed by atoms with van der Waals surface area (Å²) in [4.78, 5) is 13.9. The van der Waals surface area contributed by atoms with Crippen molar-refractivity contribution in [2.24, 2.45) is 11.7 Å². The fourth-order valence-corrected chi connectivity index (χ4v) is 2.42. The predicted molar refractivity (Wildman–Crippen MR) is 86.9 cm³/mol. The van der Waals surface area contributed by atoms with Crippen LogP contribution in [0.4, 0.5) is 0 Å². The highest BCUT2D eigenvalue weighted by Gasteiger charge is 2.26. The number of piperidine rings is 1. The van der Waals surface area contributed by atoms with Crippen LogP contribution in [0.2, 0.25) is 0 Å². The van der Waals surface area contributed by atoms with Crippen molar-refractivity contribution in [3.05, 3.63) is 29.8 Å². The first kappa shape index (κ1) is 17.8. The van der Waals surface area contributed by atoms with E-state index in [1.54, 1.807) is 0 Å². The zero-order valence-corrected chi connectivity index (χ0v) is 13.6. The molecule has 5 heteroatoms. The average molecular weight is 313 g/mol. The molecule has 1 heterocycles. The molecule has 0 aromatic heterocycles. The van der Waals surface area contributed by atoms with E-state index in [2.05, 4.69) is 19.1 Å². The van der Waals surface area contributed by atoms with Gasteiger partial charge in [-0.15, -0.1) is 12.4 Å². The van der Waals surface area contributed by atoms with Gasteiger partial charge in [0.25, 0.3) is 0 Å². The number of hydrogen-bond donors (Lipinski definition) is 1. The highest BCUT2D eigenvalue weighted by molar-refractivity contribution is 5.85. The van der Waals surface area contributed by atoms with Crippen LogP contribution in [0.3, 0.4) is 0 Å². The standard InChI is InChI=1S/C16H24N2O2.ClH/c1-12-3-5-14(6-4-12)20-15-7-9-18(10-8-15)16(19)13(2)11-17;/h3-6,13,15H,7-11,17H2,1-2H3;1H. The number of nitrogens with two attached hydrogens (primary N) is 1. The maximum absolute atomic E-state index is 12.0. The molecule has 0 saturated carbocycles. The average Bonchev–Trinajstić information content (AvgIpc) is 2.49. The third kappa shape index (κ3) is 4.90. The molecule has 0 bridgehead atoms. The summed E-state index contributed by atoms with van der Waals surface area (Å²) in [6, 6.07) is 8.11. The van der Waals surface area contributed by atoms with Crippen LogP contribution in [-0.2, 0) is 4.79 Å². The minimum Gasteiger partial charge on any atom is -0.490 e. The predicted octanol–water partition coefficient (Wildman–Crippen LogP) is 2.38. The number of ether oxygens (including phenoxy) is 1. The molecule has 2 N–H and O–H groups in total. The Labute approximate surface area is 133 Å². The monoisotopic (exact) mass is 312 g/mol. The summed E-state index contributed by atoms with van der Waals surface area (Å²) in [5.41, 5.74) is 6.78. The second-order valence-electron chi connectivity index (χ2n) is 5.59. The fraction of sp³-hybridized carbons (Fsp3) is 0.562. The third-order valence-electron chi connectivity index (χ3n) is 3.85. The molecule has 1 aromatic carbocycles. The second kappa shape index (κ2) is 8.25. The van der Waals surface area contributed by atoms with Gasteiger partial charge in [-0.3, -0.25) is 4.79 Å². The number of carbonyl (C=O) groups excluding carboxylic acids is 1. The van der Waals surface area contributed by atoms with Gasteiger partial charge in [-0.1, -0.05) is 24.6 Å². The molecule has 21 heavy (non-hydrogen) atoms. The SMILES string of the molecule is Cc1ccc(OC2CCN(C(=O)C(C)CN)CC2)cc1.Cl. The van der Waals surface area contributed by atoms with Gasteiger partial charge in [0, 0.05) is 38.4 Å². The lowest BCUT2D eigenvalue weighted by atomic mass is 10.0. The lowest BCUT2D eigenvalue weighted by Gasteiger charge is -2.33. The molecule has 2 rings (SSSR count). The summed E-state index contributed by atoms with van der Waals surface area (Å²) in [5, 5.41) is 0. The Morgan fingerprint density at radius 1 is 1.33 bits per heavy atom. The van der Waals surface area contributed by atoms with Gasteiger partial charge in [0.1, 0.15) is 11.9 Å². The highest BCUT2D eigenvalue weighted by atomic mass is 35.5. The first-order valence-electron chi connectivity index (χ1n) is 7.32. The van der Waals surface area contributed by atoms with Crippen LogP contribution in [0.1, 0.15) is 25.3 Å². The van der Waals surface area contributed by atoms with Crippen LogP contribution < -0.4 is 10.5 Å². The van der Waals surface area contributed by atoms with Gasteiger partial charge in [-0.2, -0.15) is 0 Å². The van der Waals surface area contributed by atoms with Crippen molar-refractivity contribution < 1.29 is 9.53 Å². The molecule has 1 saturated heterocycles. The van der Waals surface area contributed by atoms with E-state index in [0.717, 1.165) is 31.7 Å². The molecule has 1 aliphatic rings. The van der Waals surface area contributed by atoms with Crippen molar-refractivity contribution in [2.75, 3.05) is 19.6 Å². The molecule has 1 atom stereocenters. The van der Waals surface area contributed by atoms with E-state index in [4.69, 9.17) is 10.5 Å². The number of amides is 1. The van der Waals surface area contributed by atoms with Crippen molar-refractivity contribution in [1.29, 1.82) is 0 Å². The lowest BCUT2D eigenvalue weighted by Crippen LogP contribution is -2.45.